The van der Waals surface area contributed by atoms with Crippen molar-refractivity contribution in [2.45, 2.75) is 13.8 Å². The molecule has 3 N–H and O–H groups in total. The van der Waals surface area contributed by atoms with E-state index in [2.05, 4.69) is 32.4 Å². The van der Waals surface area contributed by atoms with Crippen LogP contribution < -0.4 is 15.5 Å². The Kier molecular flexibility index (Phi) is 7.84. The standard InChI is InChI=1S/C32H30ClN5O2/c1-20-17-21(2)35-28(18-20)34-15-16-38(3)25-12-10-24(11-13-25)36-32(40)31(39)29-26-14-9-23(33)19-27(26)37-30(29)22-7-5-4-6-8-22/h4-14,17-19,37H,15-16H2,1-3H3,(H,34,35)(H,36,40). The maximum atomic E-state index is 13.5. The van der Waals surface area contributed by atoms with Crippen molar-refractivity contribution in [1.29, 1.82) is 0 Å². The fourth-order valence-electron chi connectivity index (χ4n) is 4.74. The average Bonchev–Trinajstić information content (AvgIpc) is 3.31. The van der Waals surface area contributed by atoms with Crippen molar-refractivity contribution in [3.05, 3.63) is 107 Å². The SMILES string of the molecule is Cc1cc(C)nc(NCCN(C)c2ccc(NC(=O)C(=O)c3c(-c4ccccc4)[nH]c4cc(Cl)ccc34)cc2)c1. The number of Topliss-reactive ketones (excluding diaryl/α,β-unsaturated/α-hetero) is 1. The summed E-state index contributed by atoms with van der Waals surface area (Å²) in [6.45, 7) is 5.51. The molecule has 3 aromatic carbocycles. The van der Waals surface area contributed by atoms with Gasteiger partial charge >= 0.3 is 0 Å². The van der Waals surface area contributed by atoms with Crippen LogP contribution >= 0.6 is 11.6 Å². The zero-order chi connectivity index (χ0) is 28.2. The smallest absolute Gasteiger partial charge is 0.296 e. The lowest BCUT2D eigenvalue weighted by molar-refractivity contribution is -0.112. The molecule has 0 radical (unpaired) electrons. The minimum absolute atomic E-state index is 0.317. The summed E-state index contributed by atoms with van der Waals surface area (Å²) >= 11 is 6.18. The van der Waals surface area contributed by atoms with Crippen LogP contribution in [0.25, 0.3) is 22.2 Å². The maximum Gasteiger partial charge on any atom is 0.296 e. The molecule has 0 spiro atoms. The molecule has 5 rings (SSSR count). The molecule has 0 fully saturated rings. The van der Waals surface area contributed by atoms with Gasteiger partial charge < -0.3 is 20.5 Å². The summed E-state index contributed by atoms with van der Waals surface area (Å²) in [7, 11) is 2.00. The van der Waals surface area contributed by atoms with Gasteiger partial charge in [0.05, 0.1) is 11.3 Å². The molecule has 1 amide bonds. The van der Waals surface area contributed by atoms with Gasteiger partial charge in [-0.05, 0) is 73.5 Å². The average molecular weight is 552 g/mol. The van der Waals surface area contributed by atoms with E-state index in [4.69, 9.17) is 11.6 Å². The number of aromatic nitrogens is 2. The normalized spacial score (nSPS) is 10.9. The Morgan fingerprint density at radius 2 is 1.70 bits per heavy atom. The molecular formula is C32H30ClN5O2. The number of benzene rings is 3. The maximum absolute atomic E-state index is 13.5. The first kappa shape index (κ1) is 27.0. The molecule has 0 aliphatic rings. The molecule has 202 valence electrons. The second-order valence-electron chi connectivity index (χ2n) is 9.78. The summed E-state index contributed by atoms with van der Waals surface area (Å²) in [6.07, 6.45) is 0. The number of nitrogens with zero attached hydrogens (tertiary/aromatic N) is 2. The van der Waals surface area contributed by atoms with Crippen molar-refractivity contribution in [1.82, 2.24) is 9.97 Å². The van der Waals surface area contributed by atoms with Crippen LogP contribution in [0.4, 0.5) is 17.2 Å². The molecule has 0 aliphatic heterocycles. The van der Waals surface area contributed by atoms with Crippen LogP contribution in [0, 0.1) is 13.8 Å². The van der Waals surface area contributed by atoms with Gasteiger partial charge in [-0.15, -0.1) is 0 Å². The van der Waals surface area contributed by atoms with E-state index >= 15 is 0 Å². The molecule has 5 aromatic rings. The number of hydrogen-bond donors (Lipinski definition) is 3. The van der Waals surface area contributed by atoms with Gasteiger partial charge in [-0.2, -0.15) is 0 Å². The fraction of sp³-hybridized carbons (Fsp3) is 0.156. The number of aromatic amines is 1. The van der Waals surface area contributed by atoms with Crippen LogP contribution in [0.2, 0.25) is 5.02 Å². The highest BCUT2D eigenvalue weighted by Gasteiger charge is 2.25. The quantitative estimate of drug-likeness (QED) is 0.137. The molecule has 0 saturated carbocycles. The van der Waals surface area contributed by atoms with Crippen LogP contribution in [0.5, 0.6) is 0 Å². The van der Waals surface area contributed by atoms with Gasteiger partial charge in [0.25, 0.3) is 11.7 Å². The highest BCUT2D eigenvalue weighted by atomic mass is 35.5. The van der Waals surface area contributed by atoms with E-state index in [1.54, 1.807) is 30.3 Å². The van der Waals surface area contributed by atoms with Gasteiger partial charge in [0.2, 0.25) is 0 Å². The van der Waals surface area contributed by atoms with E-state index in [0.29, 0.717) is 32.9 Å². The predicted octanol–water partition coefficient (Wildman–Crippen LogP) is 6.87. The van der Waals surface area contributed by atoms with E-state index in [-0.39, 0.29) is 0 Å². The first-order valence-corrected chi connectivity index (χ1v) is 13.4. The fourth-order valence-corrected chi connectivity index (χ4v) is 4.91. The van der Waals surface area contributed by atoms with Gasteiger partial charge in [0.1, 0.15) is 5.82 Å². The molecule has 0 bridgehead atoms. The number of hydrogen-bond acceptors (Lipinski definition) is 5. The topological polar surface area (TPSA) is 90.1 Å². The summed E-state index contributed by atoms with van der Waals surface area (Å²) in [6, 6.07) is 26.2. The number of nitrogens with one attached hydrogen (secondary N) is 3. The van der Waals surface area contributed by atoms with Crippen molar-refractivity contribution in [3.63, 3.8) is 0 Å². The highest BCUT2D eigenvalue weighted by Crippen LogP contribution is 2.32. The number of likely N-dealkylation sites (N-methyl/N-ethyl adjacent to an activating group) is 1. The Labute approximate surface area is 238 Å². The van der Waals surface area contributed by atoms with Crippen LogP contribution in [0.1, 0.15) is 21.6 Å². The zero-order valence-corrected chi connectivity index (χ0v) is 23.3. The molecule has 0 unspecified atom stereocenters. The number of amides is 1. The Hall–Kier alpha value is -4.62. The van der Waals surface area contributed by atoms with E-state index in [0.717, 1.165) is 35.9 Å². The molecule has 2 heterocycles. The third-order valence-electron chi connectivity index (χ3n) is 6.67. The Bertz CT molecular complexity index is 1660. The molecule has 0 saturated heterocycles. The first-order valence-electron chi connectivity index (χ1n) is 13.0. The Balaban J connectivity index is 1.27. The first-order chi connectivity index (χ1) is 19.3. The number of anilines is 3. The van der Waals surface area contributed by atoms with Crippen molar-refractivity contribution in [2.24, 2.45) is 0 Å². The van der Waals surface area contributed by atoms with Gasteiger partial charge in [0, 0.05) is 53.1 Å². The number of ketones is 1. The monoisotopic (exact) mass is 551 g/mol. The lowest BCUT2D eigenvalue weighted by atomic mass is 10.0. The largest absolute Gasteiger partial charge is 0.373 e. The van der Waals surface area contributed by atoms with E-state index in [1.807, 2.05) is 68.6 Å². The van der Waals surface area contributed by atoms with Crippen molar-refractivity contribution >= 4 is 51.4 Å². The number of pyridine rings is 1. The molecule has 0 aliphatic carbocycles. The number of carbonyl (C=O) groups excluding carboxylic acids is 2. The number of H-pyrrole nitrogens is 1. The summed E-state index contributed by atoms with van der Waals surface area (Å²) in [4.78, 5) is 36.5. The van der Waals surface area contributed by atoms with Crippen LogP contribution in [-0.4, -0.2) is 41.8 Å². The van der Waals surface area contributed by atoms with Gasteiger partial charge in [-0.25, -0.2) is 4.98 Å². The lowest BCUT2D eigenvalue weighted by Crippen LogP contribution is -2.25. The Morgan fingerprint density at radius 1 is 0.950 bits per heavy atom. The highest BCUT2D eigenvalue weighted by molar-refractivity contribution is 6.49. The number of halogens is 1. The van der Waals surface area contributed by atoms with Crippen LogP contribution in [0.15, 0.2) is 84.9 Å². The van der Waals surface area contributed by atoms with Crippen molar-refractivity contribution < 1.29 is 9.59 Å². The van der Waals surface area contributed by atoms with Crippen molar-refractivity contribution in [3.8, 4) is 11.3 Å². The second-order valence-corrected chi connectivity index (χ2v) is 10.2. The van der Waals surface area contributed by atoms with Crippen LogP contribution in [-0.2, 0) is 4.79 Å². The van der Waals surface area contributed by atoms with Crippen molar-refractivity contribution in [2.75, 3.05) is 35.7 Å². The molecular weight excluding hydrogens is 522 g/mol. The van der Waals surface area contributed by atoms with Crippen LogP contribution in [0.3, 0.4) is 0 Å². The van der Waals surface area contributed by atoms with Gasteiger partial charge in [0.15, 0.2) is 0 Å². The van der Waals surface area contributed by atoms with Gasteiger partial charge in [-0.3, -0.25) is 9.59 Å². The predicted molar refractivity (Wildman–Crippen MR) is 164 cm³/mol. The number of fused-ring (bicyclic) bond motifs is 1. The summed E-state index contributed by atoms with van der Waals surface area (Å²) < 4.78 is 0. The van der Waals surface area contributed by atoms with Gasteiger partial charge in [-0.1, -0.05) is 48.0 Å². The molecule has 2 aromatic heterocycles. The minimum Gasteiger partial charge on any atom is -0.373 e. The van der Waals surface area contributed by atoms with E-state index in [9.17, 15) is 9.59 Å². The molecule has 8 heteroatoms. The lowest BCUT2D eigenvalue weighted by Gasteiger charge is -2.20. The summed E-state index contributed by atoms with van der Waals surface area (Å²) in [5.74, 6) is -0.471. The number of carbonyl (C=O) groups is 2. The third kappa shape index (κ3) is 6.00. The van der Waals surface area contributed by atoms with E-state index < -0.39 is 11.7 Å². The third-order valence-corrected chi connectivity index (χ3v) is 6.91. The second kappa shape index (κ2) is 11.6. The summed E-state index contributed by atoms with van der Waals surface area (Å²) in [5.41, 5.74) is 6.08. The zero-order valence-electron chi connectivity index (χ0n) is 22.6. The molecule has 0 atom stereocenters. The number of rotatable bonds is 9. The molecule has 7 nitrogen and oxygen atoms in total. The summed E-state index contributed by atoms with van der Waals surface area (Å²) in [5, 5.41) is 7.31. The minimum atomic E-state index is -0.709. The molecule has 40 heavy (non-hydrogen) atoms. The number of aryl methyl sites for hydroxylation is 2. The van der Waals surface area contributed by atoms with E-state index in [1.165, 1.54) is 5.56 Å². The Morgan fingerprint density at radius 3 is 2.42 bits per heavy atom.